The van der Waals surface area contributed by atoms with Crippen LogP contribution >= 0.6 is 15.9 Å². The van der Waals surface area contributed by atoms with E-state index in [2.05, 4.69) is 51.5 Å². The number of rotatable bonds is 4. The Morgan fingerprint density at radius 3 is 2.47 bits per heavy atom. The Balaban J connectivity index is 2.33. The van der Waals surface area contributed by atoms with Crippen LogP contribution in [0.3, 0.4) is 0 Å². The van der Waals surface area contributed by atoms with Gasteiger partial charge in [-0.15, -0.1) is 10.2 Å². The van der Waals surface area contributed by atoms with Crippen LogP contribution in [0.2, 0.25) is 0 Å². The number of alkyl halides is 1. The van der Waals surface area contributed by atoms with Crippen LogP contribution in [0.4, 0.5) is 0 Å². The lowest BCUT2D eigenvalue weighted by Gasteiger charge is -2.16. The zero-order valence-corrected chi connectivity index (χ0v) is 11.2. The second-order valence-electron chi connectivity index (χ2n) is 4.74. The Morgan fingerprint density at radius 2 is 2.00 bits per heavy atom. The quantitative estimate of drug-likeness (QED) is 0.787. The van der Waals surface area contributed by atoms with Crippen molar-refractivity contribution in [2.75, 3.05) is 0 Å². The molecule has 0 spiro atoms. The monoisotopic (exact) mass is 271 g/mol. The van der Waals surface area contributed by atoms with Gasteiger partial charge in [0.2, 0.25) is 0 Å². The molecule has 0 aromatic carbocycles. The molecule has 0 amide bonds. The van der Waals surface area contributed by atoms with Crippen molar-refractivity contribution in [2.45, 2.75) is 50.9 Å². The summed E-state index contributed by atoms with van der Waals surface area (Å²) in [7, 11) is 0. The second kappa shape index (κ2) is 4.24. The van der Waals surface area contributed by atoms with Crippen molar-refractivity contribution < 1.29 is 0 Å². The van der Waals surface area contributed by atoms with E-state index in [1.807, 2.05) is 0 Å². The van der Waals surface area contributed by atoms with E-state index in [1.54, 1.807) is 0 Å². The van der Waals surface area contributed by atoms with Crippen LogP contribution < -0.4 is 0 Å². The third-order valence-corrected chi connectivity index (χ3v) is 3.73. The summed E-state index contributed by atoms with van der Waals surface area (Å²) in [5.74, 6) is 3.36. The van der Waals surface area contributed by atoms with Gasteiger partial charge in [0.05, 0.1) is 5.33 Å². The molecule has 0 aliphatic heterocycles. The third kappa shape index (κ3) is 2.10. The van der Waals surface area contributed by atoms with Gasteiger partial charge in [0.25, 0.3) is 0 Å². The lowest BCUT2D eigenvalue weighted by Crippen LogP contribution is -2.11. The molecule has 0 radical (unpaired) electrons. The molecule has 0 saturated heterocycles. The minimum atomic E-state index is 0.492. The average molecular weight is 272 g/mol. The fourth-order valence-corrected chi connectivity index (χ4v) is 2.15. The highest BCUT2D eigenvalue weighted by atomic mass is 79.9. The number of nitrogens with zero attached hydrogens (tertiary/aromatic N) is 3. The molecule has 3 nitrogen and oxygen atoms in total. The molecular weight excluding hydrogens is 254 g/mol. The van der Waals surface area contributed by atoms with Crippen molar-refractivity contribution in [1.82, 2.24) is 14.8 Å². The van der Waals surface area contributed by atoms with Gasteiger partial charge < -0.3 is 4.57 Å². The summed E-state index contributed by atoms with van der Waals surface area (Å²) in [6.45, 7) is 6.72. The van der Waals surface area contributed by atoms with Crippen LogP contribution in [0.1, 0.15) is 57.2 Å². The van der Waals surface area contributed by atoms with Crippen molar-refractivity contribution in [1.29, 1.82) is 0 Å². The first-order valence-electron chi connectivity index (χ1n) is 5.64. The van der Waals surface area contributed by atoms with Gasteiger partial charge in [0, 0.05) is 12.0 Å². The van der Waals surface area contributed by atoms with Gasteiger partial charge in [-0.2, -0.15) is 0 Å². The zero-order valence-electron chi connectivity index (χ0n) is 9.57. The van der Waals surface area contributed by atoms with Crippen LogP contribution in [0, 0.1) is 5.92 Å². The maximum Gasteiger partial charge on any atom is 0.143 e. The normalized spacial score (nSPS) is 18.5. The molecule has 84 valence electrons. The predicted octanol–water partition coefficient (Wildman–Crippen LogP) is 3.27. The molecule has 2 rings (SSSR count). The summed E-state index contributed by atoms with van der Waals surface area (Å²) in [6.07, 6.45) is 2.58. The SMILES string of the molecule is CC(C)C(C)c1nnc(CBr)n1C1CC1. The van der Waals surface area contributed by atoms with Crippen molar-refractivity contribution >= 4 is 15.9 Å². The smallest absolute Gasteiger partial charge is 0.143 e. The van der Waals surface area contributed by atoms with Gasteiger partial charge in [0.1, 0.15) is 11.6 Å². The first-order valence-corrected chi connectivity index (χ1v) is 6.77. The van der Waals surface area contributed by atoms with Crippen molar-refractivity contribution in [3.05, 3.63) is 11.6 Å². The highest BCUT2D eigenvalue weighted by Crippen LogP contribution is 2.39. The minimum Gasteiger partial charge on any atom is -0.311 e. The fourth-order valence-electron chi connectivity index (χ4n) is 1.77. The first-order chi connectivity index (χ1) is 7.15. The first kappa shape index (κ1) is 11.1. The molecule has 4 heteroatoms. The van der Waals surface area contributed by atoms with E-state index in [1.165, 1.54) is 18.7 Å². The van der Waals surface area contributed by atoms with Gasteiger partial charge in [-0.05, 0) is 18.8 Å². The van der Waals surface area contributed by atoms with Gasteiger partial charge in [-0.25, -0.2) is 0 Å². The highest BCUT2D eigenvalue weighted by Gasteiger charge is 2.31. The number of aromatic nitrogens is 3. The Kier molecular flexibility index (Phi) is 3.14. The van der Waals surface area contributed by atoms with Crippen LogP contribution in [0.5, 0.6) is 0 Å². The van der Waals surface area contributed by atoms with Crippen LogP contribution in [-0.2, 0) is 5.33 Å². The molecule has 1 atom stereocenters. The number of hydrogen-bond donors (Lipinski definition) is 0. The Bertz CT molecular complexity index is 342. The van der Waals surface area contributed by atoms with E-state index in [-0.39, 0.29) is 0 Å². The van der Waals surface area contributed by atoms with Crippen LogP contribution in [0.15, 0.2) is 0 Å². The Labute approximate surface area is 99.4 Å². The molecule has 1 aromatic heterocycles. The topological polar surface area (TPSA) is 30.7 Å². The molecule has 15 heavy (non-hydrogen) atoms. The standard InChI is InChI=1S/C11H18BrN3/c1-7(2)8(3)11-14-13-10(6-12)15(11)9-4-5-9/h7-9H,4-6H2,1-3H3. The molecule has 1 unspecified atom stereocenters. The van der Waals surface area contributed by atoms with Crippen molar-refractivity contribution in [2.24, 2.45) is 5.92 Å². The van der Waals surface area contributed by atoms with E-state index in [9.17, 15) is 0 Å². The molecule has 1 aliphatic rings. The summed E-state index contributed by atoms with van der Waals surface area (Å²) < 4.78 is 2.35. The summed E-state index contributed by atoms with van der Waals surface area (Å²) in [4.78, 5) is 0. The van der Waals surface area contributed by atoms with Gasteiger partial charge in [-0.1, -0.05) is 36.7 Å². The van der Waals surface area contributed by atoms with Crippen molar-refractivity contribution in [3.8, 4) is 0 Å². The molecule has 1 fully saturated rings. The van der Waals surface area contributed by atoms with E-state index < -0.39 is 0 Å². The zero-order chi connectivity index (χ0) is 11.0. The van der Waals surface area contributed by atoms with E-state index in [0.717, 1.165) is 11.2 Å². The molecule has 0 bridgehead atoms. The second-order valence-corrected chi connectivity index (χ2v) is 5.30. The minimum absolute atomic E-state index is 0.492. The van der Waals surface area contributed by atoms with E-state index in [0.29, 0.717) is 17.9 Å². The van der Waals surface area contributed by atoms with Gasteiger partial charge in [-0.3, -0.25) is 0 Å². The number of halogens is 1. The molecule has 1 aliphatic carbocycles. The van der Waals surface area contributed by atoms with Gasteiger partial charge in [0.15, 0.2) is 0 Å². The fraction of sp³-hybridized carbons (Fsp3) is 0.818. The third-order valence-electron chi connectivity index (χ3n) is 3.23. The lowest BCUT2D eigenvalue weighted by molar-refractivity contribution is 0.481. The molecular formula is C11H18BrN3. The maximum atomic E-state index is 4.35. The summed E-state index contributed by atoms with van der Waals surface area (Å²) in [5, 5.41) is 9.42. The van der Waals surface area contributed by atoms with Crippen LogP contribution in [0.25, 0.3) is 0 Å². The molecule has 0 N–H and O–H groups in total. The summed E-state index contributed by atoms with van der Waals surface area (Å²) in [5.41, 5.74) is 0. The molecule has 1 aromatic rings. The maximum absolute atomic E-state index is 4.35. The summed E-state index contributed by atoms with van der Waals surface area (Å²) >= 11 is 3.48. The Hall–Kier alpha value is -0.380. The largest absolute Gasteiger partial charge is 0.311 e. The predicted molar refractivity (Wildman–Crippen MR) is 64.2 cm³/mol. The average Bonchev–Trinajstić information content (AvgIpc) is 2.96. The number of hydrogen-bond acceptors (Lipinski definition) is 2. The summed E-state index contributed by atoms with van der Waals surface area (Å²) in [6, 6.07) is 0.670. The van der Waals surface area contributed by atoms with Crippen molar-refractivity contribution in [3.63, 3.8) is 0 Å². The van der Waals surface area contributed by atoms with E-state index >= 15 is 0 Å². The van der Waals surface area contributed by atoms with Gasteiger partial charge >= 0.3 is 0 Å². The molecule has 1 heterocycles. The van der Waals surface area contributed by atoms with Crippen LogP contribution in [-0.4, -0.2) is 14.8 Å². The molecule has 1 saturated carbocycles. The highest BCUT2D eigenvalue weighted by molar-refractivity contribution is 9.08. The van der Waals surface area contributed by atoms with E-state index in [4.69, 9.17) is 0 Å². The Morgan fingerprint density at radius 1 is 1.33 bits per heavy atom. The lowest BCUT2D eigenvalue weighted by atomic mass is 9.97.